The van der Waals surface area contributed by atoms with Gasteiger partial charge >= 0.3 is 5.97 Å². The Morgan fingerprint density at radius 2 is 2.24 bits per heavy atom. The first-order chi connectivity index (χ1) is 8.15. The topological polar surface area (TPSA) is 56.5 Å². The minimum absolute atomic E-state index is 0.123. The van der Waals surface area contributed by atoms with Gasteiger partial charge in [-0.1, -0.05) is 20.3 Å². The van der Waals surface area contributed by atoms with Gasteiger partial charge in [-0.15, -0.1) is 0 Å². The van der Waals surface area contributed by atoms with E-state index < -0.39 is 5.92 Å². The molecule has 4 heteroatoms. The Morgan fingerprint density at radius 1 is 1.47 bits per heavy atom. The zero-order valence-electron chi connectivity index (χ0n) is 10.3. The summed E-state index contributed by atoms with van der Waals surface area (Å²) in [4.78, 5) is 23.2. The number of carbonyl (C=O) groups excluding carboxylic acids is 2. The highest BCUT2D eigenvalue weighted by Crippen LogP contribution is 2.12. The van der Waals surface area contributed by atoms with E-state index >= 15 is 0 Å². The van der Waals surface area contributed by atoms with Gasteiger partial charge in [0.2, 0.25) is 0 Å². The predicted octanol–water partition coefficient (Wildman–Crippen LogP) is 2.83. The fraction of sp³-hybridized carbons (Fsp3) is 0.538. The molecule has 0 aromatic carbocycles. The van der Waals surface area contributed by atoms with E-state index in [1.54, 1.807) is 19.1 Å². The lowest BCUT2D eigenvalue weighted by molar-refractivity contribution is -0.147. The van der Waals surface area contributed by atoms with E-state index in [1.807, 2.05) is 6.92 Å². The fourth-order valence-electron chi connectivity index (χ4n) is 1.36. The molecule has 0 N–H and O–H groups in total. The standard InChI is InChI=1S/C13H18O4/c1-3-4-7-17-13(15)10(2)9-11(14)12-6-5-8-16-12/h5-6,8,10H,3-4,7,9H2,1-2H3. The Hall–Kier alpha value is -1.58. The van der Waals surface area contributed by atoms with Crippen molar-refractivity contribution in [3.05, 3.63) is 24.2 Å². The molecular formula is C13H18O4. The van der Waals surface area contributed by atoms with Crippen LogP contribution in [0.4, 0.5) is 0 Å². The zero-order chi connectivity index (χ0) is 12.7. The summed E-state index contributed by atoms with van der Waals surface area (Å²) in [6.45, 7) is 4.14. The zero-order valence-corrected chi connectivity index (χ0v) is 10.3. The smallest absolute Gasteiger partial charge is 0.309 e. The summed E-state index contributed by atoms with van der Waals surface area (Å²) in [5.41, 5.74) is 0. The van der Waals surface area contributed by atoms with Gasteiger partial charge in [-0.25, -0.2) is 0 Å². The van der Waals surface area contributed by atoms with Crippen molar-refractivity contribution in [2.45, 2.75) is 33.1 Å². The molecule has 4 nitrogen and oxygen atoms in total. The highest BCUT2D eigenvalue weighted by Gasteiger charge is 2.20. The summed E-state index contributed by atoms with van der Waals surface area (Å²) in [5, 5.41) is 0. The van der Waals surface area contributed by atoms with E-state index in [4.69, 9.17) is 9.15 Å². The van der Waals surface area contributed by atoms with Crippen molar-refractivity contribution in [2.75, 3.05) is 6.61 Å². The monoisotopic (exact) mass is 238 g/mol. The Morgan fingerprint density at radius 3 is 2.82 bits per heavy atom. The van der Waals surface area contributed by atoms with Crippen LogP contribution >= 0.6 is 0 Å². The molecule has 17 heavy (non-hydrogen) atoms. The third kappa shape index (κ3) is 4.43. The van der Waals surface area contributed by atoms with Crippen molar-refractivity contribution in [1.29, 1.82) is 0 Å². The van der Waals surface area contributed by atoms with Crippen LogP contribution in [0.1, 0.15) is 43.7 Å². The van der Waals surface area contributed by atoms with Crippen LogP contribution in [0.5, 0.6) is 0 Å². The quantitative estimate of drug-likeness (QED) is 0.416. The molecule has 0 aliphatic carbocycles. The third-order valence-electron chi connectivity index (χ3n) is 2.43. The highest BCUT2D eigenvalue weighted by atomic mass is 16.5. The van der Waals surface area contributed by atoms with Gasteiger partial charge < -0.3 is 9.15 Å². The first-order valence-corrected chi connectivity index (χ1v) is 5.88. The predicted molar refractivity (Wildman–Crippen MR) is 62.7 cm³/mol. The minimum Gasteiger partial charge on any atom is -0.465 e. The third-order valence-corrected chi connectivity index (χ3v) is 2.43. The van der Waals surface area contributed by atoms with E-state index in [9.17, 15) is 9.59 Å². The van der Waals surface area contributed by atoms with Crippen LogP contribution in [-0.2, 0) is 9.53 Å². The summed E-state index contributed by atoms with van der Waals surface area (Å²) in [6, 6.07) is 3.24. The lowest BCUT2D eigenvalue weighted by Gasteiger charge is -2.09. The number of carbonyl (C=O) groups is 2. The second-order valence-corrected chi connectivity index (χ2v) is 4.03. The van der Waals surface area contributed by atoms with Crippen LogP contribution in [0.3, 0.4) is 0 Å². The maximum atomic E-state index is 11.6. The van der Waals surface area contributed by atoms with Crippen molar-refractivity contribution in [3.63, 3.8) is 0 Å². The van der Waals surface area contributed by atoms with E-state index in [2.05, 4.69) is 0 Å². The molecule has 0 bridgehead atoms. The molecule has 0 fully saturated rings. The van der Waals surface area contributed by atoms with Crippen LogP contribution in [-0.4, -0.2) is 18.4 Å². The number of esters is 1. The van der Waals surface area contributed by atoms with Crippen molar-refractivity contribution in [1.82, 2.24) is 0 Å². The van der Waals surface area contributed by atoms with Crippen molar-refractivity contribution in [2.24, 2.45) is 5.92 Å². The molecule has 1 aromatic rings. The van der Waals surface area contributed by atoms with Gasteiger partial charge in [0.15, 0.2) is 11.5 Å². The number of ketones is 1. The van der Waals surface area contributed by atoms with Gasteiger partial charge in [-0.3, -0.25) is 9.59 Å². The van der Waals surface area contributed by atoms with Crippen LogP contribution in [0, 0.1) is 5.92 Å². The van der Waals surface area contributed by atoms with Gasteiger partial charge in [-0.05, 0) is 18.6 Å². The van der Waals surface area contributed by atoms with Gasteiger partial charge in [0.25, 0.3) is 0 Å². The molecule has 0 aliphatic heterocycles. The normalized spacial score (nSPS) is 12.1. The number of ether oxygens (including phenoxy) is 1. The van der Waals surface area contributed by atoms with Gasteiger partial charge in [0.05, 0.1) is 18.8 Å². The number of Topliss-reactive ketones (excluding diaryl/α,β-unsaturated/α-hetero) is 1. The van der Waals surface area contributed by atoms with E-state index in [0.29, 0.717) is 12.4 Å². The number of unbranched alkanes of at least 4 members (excludes halogenated alkanes) is 1. The summed E-state index contributed by atoms with van der Waals surface area (Å²) in [7, 11) is 0. The Kier molecular flexibility index (Phi) is 5.46. The molecule has 1 atom stereocenters. The molecule has 1 heterocycles. The highest BCUT2D eigenvalue weighted by molar-refractivity contribution is 5.95. The van der Waals surface area contributed by atoms with Gasteiger partial charge in [0, 0.05) is 6.42 Å². The van der Waals surface area contributed by atoms with Gasteiger partial charge in [0.1, 0.15) is 0 Å². The maximum absolute atomic E-state index is 11.6. The van der Waals surface area contributed by atoms with Crippen LogP contribution in [0.15, 0.2) is 22.8 Å². The number of hydrogen-bond acceptors (Lipinski definition) is 4. The van der Waals surface area contributed by atoms with E-state index in [0.717, 1.165) is 12.8 Å². The maximum Gasteiger partial charge on any atom is 0.309 e. The Balaban J connectivity index is 2.35. The lowest BCUT2D eigenvalue weighted by atomic mass is 10.0. The number of furan rings is 1. The summed E-state index contributed by atoms with van der Waals surface area (Å²) in [6.07, 6.45) is 3.40. The fourth-order valence-corrected chi connectivity index (χ4v) is 1.36. The van der Waals surface area contributed by atoms with Crippen molar-refractivity contribution < 1.29 is 18.7 Å². The molecule has 0 radical (unpaired) electrons. The molecule has 1 aromatic heterocycles. The minimum atomic E-state index is -0.426. The molecule has 0 saturated carbocycles. The molecule has 0 spiro atoms. The number of hydrogen-bond donors (Lipinski definition) is 0. The number of rotatable bonds is 7. The molecule has 0 aliphatic rings. The van der Waals surface area contributed by atoms with Crippen LogP contribution in [0.2, 0.25) is 0 Å². The molecule has 1 unspecified atom stereocenters. The summed E-state index contributed by atoms with van der Waals surface area (Å²) < 4.78 is 10.0. The lowest BCUT2D eigenvalue weighted by Crippen LogP contribution is -2.18. The molecule has 94 valence electrons. The average molecular weight is 238 g/mol. The molecule has 1 rings (SSSR count). The van der Waals surface area contributed by atoms with Gasteiger partial charge in [-0.2, -0.15) is 0 Å². The van der Waals surface area contributed by atoms with Crippen LogP contribution in [0.25, 0.3) is 0 Å². The van der Waals surface area contributed by atoms with E-state index in [1.165, 1.54) is 6.26 Å². The first-order valence-electron chi connectivity index (χ1n) is 5.88. The Bertz CT molecular complexity index is 354. The first kappa shape index (κ1) is 13.5. The Labute approximate surface area is 101 Å². The summed E-state index contributed by atoms with van der Waals surface area (Å²) in [5.74, 6) is -0.629. The second-order valence-electron chi connectivity index (χ2n) is 4.03. The average Bonchev–Trinajstić information content (AvgIpc) is 2.82. The van der Waals surface area contributed by atoms with Crippen molar-refractivity contribution >= 4 is 11.8 Å². The van der Waals surface area contributed by atoms with Crippen LogP contribution < -0.4 is 0 Å². The molecular weight excluding hydrogens is 220 g/mol. The molecule has 0 amide bonds. The summed E-state index contributed by atoms with van der Waals surface area (Å²) >= 11 is 0. The SMILES string of the molecule is CCCCOC(=O)C(C)CC(=O)c1ccco1. The van der Waals surface area contributed by atoms with Crippen molar-refractivity contribution in [3.8, 4) is 0 Å². The van der Waals surface area contributed by atoms with E-state index in [-0.39, 0.29) is 18.2 Å². The largest absolute Gasteiger partial charge is 0.465 e. The second kappa shape index (κ2) is 6.89. The molecule has 0 saturated heterocycles.